The van der Waals surface area contributed by atoms with Crippen molar-refractivity contribution >= 4 is 0 Å². The second-order valence-corrected chi connectivity index (χ2v) is 4.04. The molecule has 0 aliphatic carbocycles. The van der Waals surface area contributed by atoms with Crippen molar-refractivity contribution in [2.45, 2.75) is 58.1 Å². The molecule has 1 aliphatic rings. The lowest BCUT2D eigenvalue weighted by molar-refractivity contribution is 0.102. The van der Waals surface area contributed by atoms with Gasteiger partial charge in [0.15, 0.2) is 0 Å². The molecule has 0 radical (unpaired) electrons. The summed E-state index contributed by atoms with van der Waals surface area (Å²) < 4.78 is 5.56. The predicted octanol–water partition coefficient (Wildman–Crippen LogP) is 2.33. The highest BCUT2D eigenvalue weighted by Crippen LogP contribution is 2.16. The van der Waals surface area contributed by atoms with Crippen LogP contribution in [0, 0.1) is 0 Å². The molecule has 1 saturated heterocycles. The summed E-state index contributed by atoms with van der Waals surface area (Å²) in [5, 5.41) is 3.50. The highest BCUT2D eigenvalue weighted by Gasteiger charge is 2.14. The van der Waals surface area contributed by atoms with Gasteiger partial charge in [-0.05, 0) is 45.6 Å². The third-order valence-corrected chi connectivity index (χ3v) is 2.83. The molecule has 2 nitrogen and oxygen atoms in total. The van der Waals surface area contributed by atoms with Crippen LogP contribution in [0.5, 0.6) is 0 Å². The van der Waals surface area contributed by atoms with Gasteiger partial charge in [-0.25, -0.2) is 0 Å². The molecule has 0 amide bonds. The average Bonchev–Trinajstić information content (AvgIpc) is 2.64. The Hall–Kier alpha value is -0.0800. The van der Waals surface area contributed by atoms with Gasteiger partial charge in [0, 0.05) is 12.6 Å². The van der Waals surface area contributed by atoms with E-state index in [-0.39, 0.29) is 0 Å². The fraction of sp³-hybridized carbons (Fsp3) is 1.00. The van der Waals surface area contributed by atoms with Gasteiger partial charge in [-0.3, -0.25) is 0 Å². The number of hydrogen-bond donors (Lipinski definition) is 1. The number of rotatable bonds is 6. The van der Waals surface area contributed by atoms with E-state index in [1.807, 2.05) is 0 Å². The van der Waals surface area contributed by atoms with E-state index >= 15 is 0 Å². The van der Waals surface area contributed by atoms with Gasteiger partial charge in [0.05, 0.1) is 6.10 Å². The van der Waals surface area contributed by atoms with Gasteiger partial charge in [0.1, 0.15) is 0 Å². The first-order valence-electron chi connectivity index (χ1n) is 5.68. The zero-order valence-corrected chi connectivity index (χ0v) is 9.01. The van der Waals surface area contributed by atoms with Gasteiger partial charge in [0.25, 0.3) is 0 Å². The van der Waals surface area contributed by atoms with Crippen molar-refractivity contribution < 1.29 is 4.74 Å². The monoisotopic (exact) mass is 185 g/mol. The van der Waals surface area contributed by atoms with Crippen molar-refractivity contribution in [2.24, 2.45) is 0 Å². The van der Waals surface area contributed by atoms with Gasteiger partial charge < -0.3 is 10.1 Å². The Bertz CT molecular complexity index is 121. The van der Waals surface area contributed by atoms with Crippen molar-refractivity contribution in [1.29, 1.82) is 0 Å². The molecule has 13 heavy (non-hydrogen) atoms. The molecular formula is C11H23NO. The van der Waals surface area contributed by atoms with Crippen LogP contribution in [0.25, 0.3) is 0 Å². The van der Waals surface area contributed by atoms with E-state index in [0.29, 0.717) is 12.1 Å². The Labute approximate surface area is 82.0 Å². The van der Waals surface area contributed by atoms with E-state index < -0.39 is 0 Å². The van der Waals surface area contributed by atoms with Gasteiger partial charge in [0.2, 0.25) is 0 Å². The fourth-order valence-corrected chi connectivity index (χ4v) is 1.69. The summed E-state index contributed by atoms with van der Waals surface area (Å²) in [4.78, 5) is 0. The summed E-state index contributed by atoms with van der Waals surface area (Å²) >= 11 is 0. The Morgan fingerprint density at radius 3 is 3.00 bits per heavy atom. The van der Waals surface area contributed by atoms with Crippen LogP contribution < -0.4 is 5.32 Å². The van der Waals surface area contributed by atoms with Crippen LogP contribution in [0.1, 0.15) is 46.0 Å². The zero-order chi connectivity index (χ0) is 9.52. The molecule has 78 valence electrons. The van der Waals surface area contributed by atoms with Crippen LogP contribution in [-0.4, -0.2) is 25.3 Å². The maximum Gasteiger partial charge on any atom is 0.0576 e. The fourth-order valence-electron chi connectivity index (χ4n) is 1.69. The van der Waals surface area contributed by atoms with Crippen LogP contribution >= 0.6 is 0 Å². The Balaban J connectivity index is 1.88. The molecule has 0 spiro atoms. The molecule has 1 aliphatic heterocycles. The number of nitrogens with one attached hydrogen (secondary N) is 1. The molecule has 0 aromatic rings. The summed E-state index contributed by atoms with van der Waals surface area (Å²) in [6.45, 7) is 6.60. The Morgan fingerprint density at radius 2 is 2.38 bits per heavy atom. The van der Waals surface area contributed by atoms with E-state index in [4.69, 9.17) is 4.74 Å². The van der Waals surface area contributed by atoms with E-state index in [2.05, 4.69) is 19.2 Å². The lowest BCUT2D eigenvalue weighted by Crippen LogP contribution is -2.26. The Kier molecular flexibility index (Phi) is 5.40. The second-order valence-electron chi connectivity index (χ2n) is 4.04. The highest BCUT2D eigenvalue weighted by molar-refractivity contribution is 4.66. The van der Waals surface area contributed by atoms with Crippen molar-refractivity contribution in [3.8, 4) is 0 Å². The van der Waals surface area contributed by atoms with Gasteiger partial charge in [-0.2, -0.15) is 0 Å². The van der Waals surface area contributed by atoms with Crippen LogP contribution in [0.3, 0.4) is 0 Å². The van der Waals surface area contributed by atoms with Gasteiger partial charge >= 0.3 is 0 Å². The first-order chi connectivity index (χ1) is 6.33. The average molecular weight is 185 g/mol. The molecule has 0 bridgehead atoms. The molecule has 0 aromatic heterocycles. The van der Waals surface area contributed by atoms with Crippen LogP contribution in [0.4, 0.5) is 0 Å². The molecule has 2 atom stereocenters. The highest BCUT2D eigenvalue weighted by atomic mass is 16.5. The minimum Gasteiger partial charge on any atom is -0.378 e. The third kappa shape index (κ3) is 4.63. The molecule has 0 aromatic carbocycles. The smallest absolute Gasteiger partial charge is 0.0576 e. The molecule has 2 unspecified atom stereocenters. The molecule has 2 heteroatoms. The zero-order valence-electron chi connectivity index (χ0n) is 9.01. The topological polar surface area (TPSA) is 21.3 Å². The minimum absolute atomic E-state index is 0.568. The van der Waals surface area contributed by atoms with E-state index in [0.717, 1.165) is 13.2 Å². The summed E-state index contributed by atoms with van der Waals surface area (Å²) in [6, 6.07) is 0.671. The summed E-state index contributed by atoms with van der Waals surface area (Å²) in [6.07, 6.45) is 6.84. The van der Waals surface area contributed by atoms with Crippen LogP contribution in [0.2, 0.25) is 0 Å². The predicted molar refractivity (Wildman–Crippen MR) is 56.0 cm³/mol. The third-order valence-electron chi connectivity index (χ3n) is 2.83. The van der Waals surface area contributed by atoms with Crippen molar-refractivity contribution in [2.75, 3.05) is 13.2 Å². The van der Waals surface area contributed by atoms with Crippen molar-refractivity contribution in [3.63, 3.8) is 0 Å². The minimum atomic E-state index is 0.568. The summed E-state index contributed by atoms with van der Waals surface area (Å²) in [5.74, 6) is 0. The normalized spacial score (nSPS) is 24.9. The van der Waals surface area contributed by atoms with Gasteiger partial charge in [-0.1, -0.05) is 6.92 Å². The van der Waals surface area contributed by atoms with E-state index in [9.17, 15) is 0 Å². The maximum atomic E-state index is 5.56. The van der Waals surface area contributed by atoms with E-state index in [1.165, 1.54) is 32.1 Å². The van der Waals surface area contributed by atoms with Crippen LogP contribution in [-0.2, 0) is 4.74 Å². The van der Waals surface area contributed by atoms with Crippen molar-refractivity contribution in [1.82, 2.24) is 5.32 Å². The maximum absolute atomic E-state index is 5.56. The van der Waals surface area contributed by atoms with Crippen molar-refractivity contribution in [3.05, 3.63) is 0 Å². The van der Waals surface area contributed by atoms with Gasteiger partial charge in [-0.15, -0.1) is 0 Å². The molecule has 1 heterocycles. The molecular weight excluding hydrogens is 162 g/mol. The first kappa shape index (κ1) is 11.0. The second kappa shape index (κ2) is 6.39. The number of ether oxygens (including phenoxy) is 1. The molecule has 0 saturated carbocycles. The lowest BCUT2D eigenvalue weighted by atomic mass is 10.1. The SMILES string of the molecule is CCC(C)NCCCC1CCCO1. The van der Waals surface area contributed by atoms with Crippen LogP contribution in [0.15, 0.2) is 0 Å². The lowest BCUT2D eigenvalue weighted by Gasteiger charge is -2.12. The van der Waals surface area contributed by atoms with E-state index in [1.54, 1.807) is 0 Å². The molecule has 1 N–H and O–H groups in total. The molecule has 1 rings (SSSR count). The largest absolute Gasteiger partial charge is 0.378 e. The first-order valence-corrected chi connectivity index (χ1v) is 5.68. The summed E-state index contributed by atoms with van der Waals surface area (Å²) in [5.41, 5.74) is 0. The molecule has 1 fully saturated rings. The Morgan fingerprint density at radius 1 is 1.54 bits per heavy atom. The quantitative estimate of drug-likeness (QED) is 0.641. The summed E-state index contributed by atoms with van der Waals surface area (Å²) in [7, 11) is 0. The number of hydrogen-bond acceptors (Lipinski definition) is 2. The standard InChI is InChI=1S/C11H23NO/c1-3-10(2)12-8-4-6-11-7-5-9-13-11/h10-12H,3-9H2,1-2H3.